The van der Waals surface area contributed by atoms with Crippen molar-refractivity contribution in [2.24, 2.45) is 11.7 Å². The van der Waals surface area contributed by atoms with E-state index in [1.54, 1.807) is 0 Å². The van der Waals surface area contributed by atoms with E-state index in [1.165, 1.54) is 38.3 Å². The van der Waals surface area contributed by atoms with Crippen LogP contribution >= 0.6 is 0 Å². The third-order valence-electron chi connectivity index (χ3n) is 13.2. The number of hydrogen-bond donors (Lipinski definition) is 8. The van der Waals surface area contributed by atoms with Gasteiger partial charge in [0.2, 0.25) is 53.2 Å². The molecule has 23 heteroatoms. The molecule has 0 spiro atoms. The summed E-state index contributed by atoms with van der Waals surface area (Å²) in [6, 6.07) is -10.9. The van der Waals surface area contributed by atoms with E-state index in [1.807, 2.05) is 13.8 Å². The number of hydrogen-bond acceptors (Lipinski definition) is 13. The van der Waals surface area contributed by atoms with Gasteiger partial charge in [-0.1, -0.05) is 13.8 Å². The first-order valence-electron chi connectivity index (χ1n) is 23.2. The van der Waals surface area contributed by atoms with Crippen molar-refractivity contribution in [1.29, 1.82) is 0 Å². The Morgan fingerprint density at radius 3 is 1.36 bits per heavy atom. The predicted octanol–water partition coefficient (Wildman–Crippen LogP) is -3.64. The van der Waals surface area contributed by atoms with Crippen LogP contribution in [0.4, 0.5) is 0 Å². The molecule has 0 aromatic heterocycles. The highest BCUT2D eigenvalue weighted by molar-refractivity contribution is 5.99. The largest absolute Gasteiger partial charge is 0.480 e. The third-order valence-corrected chi connectivity index (χ3v) is 13.2. The summed E-state index contributed by atoms with van der Waals surface area (Å²) in [6.07, 6.45) is 4.16. The monoisotopic (exact) mass is 932 g/mol. The van der Waals surface area contributed by atoms with Crippen LogP contribution in [0.2, 0.25) is 0 Å². The summed E-state index contributed by atoms with van der Waals surface area (Å²) in [4.78, 5) is 140. The molecule has 0 aromatic rings. The smallest absolute Gasteiger partial charge is 0.326 e. The molecule has 9 amide bonds. The Kier molecular flexibility index (Phi) is 17.9. The fraction of sp³-hybridized carbons (Fsp3) is 0.767. The third kappa shape index (κ3) is 11.7. The SMILES string of the molecule is CC(C)C[C@H](NC(=O)[C@@H]1CCCN1C(=O)[C@@H]1CCCN1C(=O)[C@H](C)NC(=O)[C@H](CO)NC(=O)[C@@H]1CCCN1C(=O)[C@H](CO)NC(=O)[C@H](C)N)C(=O)N1CCC[C@H]1C(=O)N1CCC[C@H]1C(=O)O. The van der Waals surface area contributed by atoms with Gasteiger partial charge in [-0.05, 0) is 90.4 Å². The first-order chi connectivity index (χ1) is 31.3. The Bertz CT molecular complexity index is 1870. The van der Waals surface area contributed by atoms with E-state index in [2.05, 4.69) is 21.3 Å². The zero-order valence-electron chi connectivity index (χ0n) is 38.3. The lowest BCUT2D eigenvalue weighted by Gasteiger charge is -2.34. The van der Waals surface area contributed by atoms with Crippen LogP contribution in [0.25, 0.3) is 0 Å². The lowest BCUT2D eigenvalue weighted by molar-refractivity contribution is -0.152. The normalized spacial score (nSPS) is 25.3. The van der Waals surface area contributed by atoms with E-state index in [-0.39, 0.29) is 57.9 Å². The van der Waals surface area contributed by atoms with Crippen LogP contribution in [0.15, 0.2) is 0 Å². The molecule has 5 aliphatic heterocycles. The molecule has 5 heterocycles. The van der Waals surface area contributed by atoms with Crippen LogP contribution in [0, 0.1) is 5.92 Å². The molecule has 66 heavy (non-hydrogen) atoms. The molecule has 0 radical (unpaired) electrons. The van der Waals surface area contributed by atoms with Crippen molar-refractivity contribution in [3.05, 3.63) is 0 Å². The summed E-state index contributed by atoms with van der Waals surface area (Å²) < 4.78 is 0. The van der Waals surface area contributed by atoms with Crippen molar-refractivity contribution in [2.45, 2.75) is 159 Å². The summed E-state index contributed by atoms with van der Waals surface area (Å²) in [5.74, 6) is -6.73. The van der Waals surface area contributed by atoms with Gasteiger partial charge in [0.1, 0.15) is 54.4 Å². The van der Waals surface area contributed by atoms with Crippen molar-refractivity contribution in [3.8, 4) is 0 Å². The second-order valence-electron chi connectivity index (χ2n) is 18.5. The predicted molar refractivity (Wildman–Crippen MR) is 232 cm³/mol. The Balaban J connectivity index is 1.18. The first kappa shape index (κ1) is 51.6. The highest BCUT2D eigenvalue weighted by Crippen LogP contribution is 2.29. The van der Waals surface area contributed by atoms with Gasteiger partial charge in [0.05, 0.1) is 19.3 Å². The number of carboxylic acids is 1. The van der Waals surface area contributed by atoms with E-state index in [0.29, 0.717) is 51.4 Å². The number of nitrogens with zero attached hydrogens (tertiary/aromatic N) is 5. The fourth-order valence-electron chi connectivity index (χ4n) is 9.79. The summed E-state index contributed by atoms with van der Waals surface area (Å²) >= 11 is 0. The maximum atomic E-state index is 14.2. The van der Waals surface area contributed by atoms with Crippen LogP contribution in [-0.4, -0.2) is 205 Å². The quantitative estimate of drug-likeness (QED) is 0.0658. The average molecular weight is 933 g/mol. The Morgan fingerprint density at radius 1 is 0.500 bits per heavy atom. The van der Waals surface area contributed by atoms with Crippen molar-refractivity contribution in [1.82, 2.24) is 45.8 Å². The molecule has 0 aromatic carbocycles. The average Bonchev–Trinajstić information content (AvgIpc) is 4.14. The maximum absolute atomic E-state index is 14.2. The number of carbonyl (C=O) groups excluding carboxylic acids is 9. The van der Waals surface area contributed by atoms with E-state index in [9.17, 15) is 63.3 Å². The van der Waals surface area contributed by atoms with Crippen molar-refractivity contribution < 1.29 is 63.3 Å². The van der Waals surface area contributed by atoms with Gasteiger partial charge in [0, 0.05) is 32.7 Å². The molecule has 5 aliphatic rings. The van der Waals surface area contributed by atoms with Gasteiger partial charge < -0.3 is 66.8 Å². The number of nitrogens with one attached hydrogen (secondary N) is 4. The molecule has 9 N–H and O–H groups in total. The van der Waals surface area contributed by atoms with Crippen LogP contribution in [0.3, 0.4) is 0 Å². The van der Waals surface area contributed by atoms with Crippen LogP contribution < -0.4 is 27.0 Å². The Hall–Kier alpha value is -5.42. The van der Waals surface area contributed by atoms with Gasteiger partial charge in [0.25, 0.3) is 0 Å². The highest BCUT2D eigenvalue weighted by atomic mass is 16.4. The van der Waals surface area contributed by atoms with E-state index < -0.39 is 133 Å². The fourth-order valence-corrected chi connectivity index (χ4v) is 9.79. The number of aliphatic hydroxyl groups excluding tert-OH is 2. The molecular weight excluding hydrogens is 865 g/mol. The molecule has 0 unspecified atom stereocenters. The van der Waals surface area contributed by atoms with Gasteiger partial charge in [-0.25, -0.2) is 4.79 Å². The highest BCUT2D eigenvalue weighted by Gasteiger charge is 2.47. The molecule has 0 aliphatic carbocycles. The molecule has 0 saturated carbocycles. The van der Waals surface area contributed by atoms with Crippen LogP contribution in [0.1, 0.15) is 98.3 Å². The molecule has 368 valence electrons. The van der Waals surface area contributed by atoms with E-state index in [4.69, 9.17) is 5.73 Å². The molecule has 10 atom stereocenters. The molecular formula is C43H68N10O13. The van der Waals surface area contributed by atoms with Gasteiger partial charge in [-0.15, -0.1) is 0 Å². The van der Waals surface area contributed by atoms with Crippen molar-refractivity contribution in [2.75, 3.05) is 45.9 Å². The van der Waals surface area contributed by atoms with Gasteiger partial charge in [-0.3, -0.25) is 43.2 Å². The minimum Gasteiger partial charge on any atom is -0.480 e. The van der Waals surface area contributed by atoms with Crippen molar-refractivity contribution >= 4 is 59.1 Å². The Labute approximate surface area is 383 Å². The number of amides is 9. The maximum Gasteiger partial charge on any atom is 0.326 e. The number of carboxylic acid groups (broad SMARTS) is 1. The molecule has 0 bridgehead atoms. The number of rotatable bonds is 18. The summed E-state index contributed by atoms with van der Waals surface area (Å²) in [5, 5.41) is 39.7. The van der Waals surface area contributed by atoms with Gasteiger partial charge in [-0.2, -0.15) is 0 Å². The number of carbonyl (C=O) groups is 10. The lowest BCUT2D eigenvalue weighted by Crippen LogP contribution is -2.60. The zero-order chi connectivity index (χ0) is 48.6. The molecule has 5 rings (SSSR count). The van der Waals surface area contributed by atoms with E-state index in [0.717, 1.165) is 0 Å². The Morgan fingerprint density at radius 2 is 0.894 bits per heavy atom. The van der Waals surface area contributed by atoms with Crippen LogP contribution in [0.5, 0.6) is 0 Å². The van der Waals surface area contributed by atoms with Crippen LogP contribution in [-0.2, 0) is 47.9 Å². The topological polar surface area (TPSA) is 322 Å². The molecule has 5 saturated heterocycles. The van der Waals surface area contributed by atoms with Gasteiger partial charge in [0.15, 0.2) is 0 Å². The second-order valence-corrected chi connectivity index (χ2v) is 18.5. The molecule has 5 fully saturated rings. The molecule has 23 nitrogen and oxygen atoms in total. The summed E-state index contributed by atoms with van der Waals surface area (Å²) in [7, 11) is 0. The number of likely N-dealkylation sites (tertiary alicyclic amines) is 5. The minimum absolute atomic E-state index is 0.0433. The number of aliphatic carboxylic acids is 1. The van der Waals surface area contributed by atoms with Gasteiger partial charge >= 0.3 is 5.97 Å². The van der Waals surface area contributed by atoms with E-state index >= 15 is 0 Å². The standard InChI is InChI=1S/C43H68N10O13/c1-23(2)20-26(39(61)52-18-8-13-32(52)42(64)53-19-9-14-33(53)43(65)66)46-36(58)30-11-6-16-50(30)41(63)31-12-7-17-51(31)38(60)25(4)45-35(57)27(21-54)47-37(59)29-10-5-15-49(29)40(62)28(22-55)48-34(56)24(3)44/h23-33,54-55H,5-22,44H2,1-4H3,(H,45,57)(H,46,58)(H,47,59)(H,48,56)(H,65,66)/t24-,25-,26-,27-,28-,29-,30-,31-,32-,33-/m0/s1. The summed E-state index contributed by atoms with van der Waals surface area (Å²) in [5.41, 5.74) is 5.57. The minimum atomic E-state index is -1.53. The first-order valence-corrected chi connectivity index (χ1v) is 23.2. The zero-order valence-corrected chi connectivity index (χ0v) is 38.3. The van der Waals surface area contributed by atoms with Crippen molar-refractivity contribution in [3.63, 3.8) is 0 Å². The number of nitrogens with two attached hydrogens (primary N) is 1. The second kappa shape index (κ2) is 22.9. The lowest BCUT2D eigenvalue weighted by atomic mass is 10.0. The number of aliphatic hydroxyl groups is 2. The summed E-state index contributed by atoms with van der Waals surface area (Å²) in [6.45, 7) is 6.03.